The fourth-order valence-electron chi connectivity index (χ4n) is 1.93. The van der Waals surface area contributed by atoms with Crippen LogP contribution in [-0.2, 0) is 5.41 Å². The largest absolute Gasteiger partial charge is 0.497 e. The SMILES string of the molecule is COc1ccc(-c2nn3c(C(C)(C)C)nnc3s2)cc1. The first-order chi connectivity index (χ1) is 9.49. The molecule has 2 heterocycles. The van der Waals surface area contributed by atoms with Crippen LogP contribution in [-0.4, -0.2) is 26.9 Å². The molecule has 0 fully saturated rings. The summed E-state index contributed by atoms with van der Waals surface area (Å²) in [5.41, 5.74) is 0.978. The van der Waals surface area contributed by atoms with Crippen LogP contribution in [0.1, 0.15) is 26.6 Å². The van der Waals surface area contributed by atoms with Gasteiger partial charge in [-0.3, -0.25) is 0 Å². The second kappa shape index (κ2) is 4.56. The molecule has 0 atom stereocenters. The van der Waals surface area contributed by atoms with Crippen LogP contribution in [0.25, 0.3) is 15.5 Å². The molecular weight excluding hydrogens is 272 g/mol. The lowest BCUT2D eigenvalue weighted by atomic mass is 9.96. The maximum atomic E-state index is 5.17. The average Bonchev–Trinajstić information content (AvgIpc) is 2.97. The summed E-state index contributed by atoms with van der Waals surface area (Å²) in [5, 5.41) is 14.0. The monoisotopic (exact) mass is 288 g/mol. The van der Waals surface area contributed by atoms with E-state index in [2.05, 4.69) is 36.1 Å². The van der Waals surface area contributed by atoms with Gasteiger partial charge in [-0.05, 0) is 24.3 Å². The molecule has 0 unspecified atom stereocenters. The Bertz CT molecular complexity index is 737. The average molecular weight is 288 g/mol. The van der Waals surface area contributed by atoms with Crippen molar-refractivity contribution in [1.29, 1.82) is 0 Å². The quantitative estimate of drug-likeness (QED) is 0.727. The van der Waals surface area contributed by atoms with Gasteiger partial charge >= 0.3 is 0 Å². The van der Waals surface area contributed by atoms with Crippen LogP contribution in [0.2, 0.25) is 0 Å². The van der Waals surface area contributed by atoms with Gasteiger partial charge in [0.2, 0.25) is 4.96 Å². The molecule has 20 heavy (non-hydrogen) atoms. The zero-order valence-electron chi connectivity index (χ0n) is 11.9. The minimum Gasteiger partial charge on any atom is -0.497 e. The third-order valence-electron chi connectivity index (χ3n) is 3.00. The molecule has 0 saturated carbocycles. The fourth-order valence-corrected chi connectivity index (χ4v) is 2.78. The maximum absolute atomic E-state index is 5.17. The molecule has 0 amide bonds. The highest BCUT2D eigenvalue weighted by atomic mass is 32.1. The Hall–Kier alpha value is -1.95. The van der Waals surface area contributed by atoms with Crippen molar-refractivity contribution in [2.75, 3.05) is 7.11 Å². The smallest absolute Gasteiger partial charge is 0.235 e. The van der Waals surface area contributed by atoms with E-state index in [1.807, 2.05) is 28.8 Å². The van der Waals surface area contributed by atoms with Crippen molar-refractivity contribution in [3.05, 3.63) is 30.1 Å². The number of benzene rings is 1. The molecule has 1 aromatic carbocycles. The lowest BCUT2D eigenvalue weighted by Gasteiger charge is -2.13. The lowest BCUT2D eigenvalue weighted by molar-refractivity contribution is 0.415. The standard InChI is InChI=1S/C14H16N4OS/c1-14(2,3)12-15-16-13-18(12)17-11(20-13)9-5-7-10(19-4)8-6-9/h5-8H,1-4H3. The number of nitrogens with zero attached hydrogens (tertiary/aromatic N) is 4. The van der Waals surface area contributed by atoms with Gasteiger partial charge in [0.05, 0.1) is 7.11 Å². The summed E-state index contributed by atoms with van der Waals surface area (Å²) in [6.45, 7) is 6.32. The summed E-state index contributed by atoms with van der Waals surface area (Å²) in [5.74, 6) is 1.72. The second-order valence-corrected chi connectivity index (χ2v) is 6.56. The highest BCUT2D eigenvalue weighted by Crippen LogP contribution is 2.29. The van der Waals surface area contributed by atoms with Gasteiger partial charge in [-0.1, -0.05) is 32.1 Å². The molecule has 104 valence electrons. The zero-order chi connectivity index (χ0) is 14.3. The summed E-state index contributed by atoms with van der Waals surface area (Å²) >= 11 is 1.54. The van der Waals surface area contributed by atoms with Gasteiger partial charge in [-0.2, -0.15) is 9.61 Å². The number of aromatic nitrogens is 4. The minimum absolute atomic E-state index is 0.0787. The van der Waals surface area contributed by atoms with Crippen LogP contribution in [0.4, 0.5) is 0 Å². The molecule has 0 spiro atoms. The van der Waals surface area contributed by atoms with E-state index < -0.39 is 0 Å². The maximum Gasteiger partial charge on any atom is 0.235 e. The molecule has 6 heteroatoms. The molecule has 2 aromatic heterocycles. The van der Waals surface area contributed by atoms with Crippen LogP contribution in [0.5, 0.6) is 5.75 Å². The first-order valence-corrected chi connectivity index (χ1v) is 7.18. The number of hydrogen-bond donors (Lipinski definition) is 0. The van der Waals surface area contributed by atoms with Crippen molar-refractivity contribution in [3.8, 4) is 16.3 Å². The van der Waals surface area contributed by atoms with Crippen molar-refractivity contribution < 1.29 is 4.74 Å². The molecule has 3 aromatic rings. The van der Waals surface area contributed by atoms with Crippen LogP contribution in [0.3, 0.4) is 0 Å². The van der Waals surface area contributed by atoms with Gasteiger partial charge in [0.25, 0.3) is 0 Å². The summed E-state index contributed by atoms with van der Waals surface area (Å²) < 4.78 is 7.01. The highest BCUT2D eigenvalue weighted by molar-refractivity contribution is 7.19. The van der Waals surface area contributed by atoms with Gasteiger partial charge in [0, 0.05) is 11.0 Å². The van der Waals surface area contributed by atoms with Crippen LogP contribution in [0.15, 0.2) is 24.3 Å². The second-order valence-electron chi connectivity index (χ2n) is 5.60. The number of ether oxygens (including phenoxy) is 1. The van der Waals surface area contributed by atoms with E-state index in [1.54, 1.807) is 7.11 Å². The molecular formula is C14H16N4OS. The van der Waals surface area contributed by atoms with Crippen molar-refractivity contribution in [2.24, 2.45) is 0 Å². The Balaban J connectivity index is 2.06. The first kappa shape index (κ1) is 13.1. The first-order valence-electron chi connectivity index (χ1n) is 6.36. The Labute approximate surface area is 121 Å². The van der Waals surface area contributed by atoms with E-state index in [0.29, 0.717) is 0 Å². The number of fused-ring (bicyclic) bond motifs is 1. The van der Waals surface area contributed by atoms with E-state index >= 15 is 0 Å². The molecule has 0 aliphatic rings. The Kier molecular flexibility index (Phi) is 2.97. The number of methoxy groups -OCH3 is 1. The van der Waals surface area contributed by atoms with Crippen LogP contribution >= 0.6 is 11.3 Å². The van der Waals surface area contributed by atoms with Gasteiger partial charge in [0.1, 0.15) is 10.8 Å². The Morgan fingerprint density at radius 2 is 1.80 bits per heavy atom. The fraction of sp³-hybridized carbons (Fsp3) is 0.357. The summed E-state index contributed by atoms with van der Waals surface area (Å²) in [4.78, 5) is 0.820. The molecule has 5 nitrogen and oxygen atoms in total. The summed E-state index contributed by atoms with van der Waals surface area (Å²) in [6.07, 6.45) is 0. The van der Waals surface area contributed by atoms with Crippen LogP contribution in [0, 0.1) is 0 Å². The number of rotatable bonds is 2. The van der Waals surface area contributed by atoms with Crippen molar-refractivity contribution in [3.63, 3.8) is 0 Å². The Morgan fingerprint density at radius 3 is 2.40 bits per heavy atom. The predicted octanol–water partition coefficient (Wildman–Crippen LogP) is 3.16. The predicted molar refractivity (Wildman–Crippen MR) is 79.3 cm³/mol. The molecule has 0 aliphatic heterocycles. The lowest BCUT2D eigenvalue weighted by Crippen LogP contribution is -2.16. The number of hydrogen-bond acceptors (Lipinski definition) is 5. The van der Waals surface area contributed by atoms with Gasteiger partial charge in [0.15, 0.2) is 5.82 Å². The van der Waals surface area contributed by atoms with E-state index in [1.165, 1.54) is 11.3 Å². The normalized spacial score (nSPS) is 12.0. The minimum atomic E-state index is -0.0787. The summed E-state index contributed by atoms with van der Waals surface area (Å²) in [6, 6.07) is 7.87. The third-order valence-corrected chi connectivity index (χ3v) is 3.95. The van der Waals surface area contributed by atoms with E-state index in [-0.39, 0.29) is 5.41 Å². The van der Waals surface area contributed by atoms with Gasteiger partial charge in [-0.25, -0.2) is 0 Å². The summed E-state index contributed by atoms with van der Waals surface area (Å²) in [7, 11) is 1.66. The molecule has 0 radical (unpaired) electrons. The topological polar surface area (TPSA) is 52.3 Å². The molecule has 3 rings (SSSR count). The molecule has 0 aliphatic carbocycles. The van der Waals surface area contributed by atoms with Crippen molar-refractivity contribution >= 4 is 16.3 Å². The molecule has 0 bridgehead atoms. The molecule has 0 saturated heterocycles. The van der Waals surface area contributed by atoms with Crippen molar-refractivity contribution in [2.45, 2.75) is 26.2 Å². The van der Waals surface area contributed by atoms with E-state index in [0.717, 1.165) is 27.1 Å². The van der Waals surface area contributed by atoms with E-state index in [9.17, 15) is 0 Å². The van der Waals surface area contributed by atoms with Gasteiger partial charge in [-0.15, -0.1) is 10.2 Å². The Morgan fingerprint density at radius 1 is 1.10 bits per heavy atom. The van der Waals surface area contributed by atoms with Crippen LogP contribution < -0.4 is 4.74 Å². The van der Waals surface area contributed by atoms with Gasteiger partial charge < -0.3 is 4.74 Å². The van der Waals surface area contributed by atoms with Crippen molar-refractivity contribution in [1.82, 2.24) is 19.8 Å². The third kappa shape index (κ3) is 2.16. The molecule has 0 N–H and O–H groups in total. The highest BCUT2D eigenvalue weighted by Gasteiger charge is 2.23. The zero-order valence-corrected chi connectivity index (χ0v) is 12.7. The van der Waals surface area contributed by atoms with E-state index in [4.69, 9.17) is 4.74 Å².